The Labute approximate surface area is 130 Å². The Morgan fingerprint density at radius 2 is 1.77 bits per heavy atom. The van der Waals surface area contributed by atoms with Crippen molar-refractivity contribution in [2.45, 2.75) is 12.8 Å². The van der Waals surface area contributed by atoms with Gasteiger partial charge in [-0.3, -0.25) is 4.79 Å². The molecule has 22 heavy (non-hydrogen) atoms. The van der Waals surface area contributed by atoms with Crippen LogP contribution in [-0.2, 0) is 7.05 Å². The van der Waals surface area contributed by atoms with E-state index < -0.39 is 0 Å². The molecule has 0 aliphatic carbocycles. The third kappa shape index (κ3) is 2.19. The number of hydrogen-bond donors (Lipinski definition) is 0. The highest BCUT2D eigenvalue weighted by atomic mass is 16.5. The van der Waals surface area contributed by atoms with E-state index in [-0.39, 0.29) is 5.92 Å². The van der Waals surface area contributed by atoms with E-state index in [1.165, 1.54) is 0 Å². The fourth-order valence-corrected chi connectivity index (χ4v) is 3.14. The van der Waals surface area contributed by atoms with E-state index in [0.717, 1.165) is 39.8 Å². The van der Waals surface area contributed by atoms with Gasteiger partial charge in [-0.1, -0.05) is 37.3 Å². The van der Waals surface area contributed by atoms with E-state index in [1.807, 2.05) is 43.4 Å². The molecule has 0 radical (unpaired) electrons. The summed E-state index contributed by atoms with van der Waals surface area (Å²) in [6.07, 6.45) is 0.970. The smallest absolute Gasteiger partial charge is 0.152 e. The van der Waals surface area contributed by atoms with Crippen LogP contribution >= 0.6 is 0 Å². The summed E-state index contributed by atoms with van der Waals surface area (Å²) < 4.78 is 7.33. The minimum Gasteiger partial charge on any atom is -0.497 e. The maximum Gasteiger partial charge on any atom is 0.152 e. The van der Waals surface area contributed by atoms with Crippen LogP contribution in [0.15, 0.2) is 48.5 Å². The molecule has 0 aliphatic heterocycles. The van der Waals surface area contributed by atoms with Gasteiger partial charge in [-0.15, -0.1) is 0 Å². The summed E-state index contributed by atoms with van der Waals surface area (Å²) in [5.41, 5.74) is 4.07. The van der Waals surface area contributed by atoms with E-state index in [9.17, 15) is 4.79 Å². The topological polar surface area (TPSA) is 31.2 Å². The molecule has 1 atom stereocenters. The minimum atomic E-state index is 0.128. The van der Waals surface area contributed by atoms with E-state index in [1.54, 1.807) is 7.11 Å². The van der Waals surface area contributed by atoms with Gasteiger partial charge in [0.1, 0.15) is 5.75 Å². The number of benzene rings is 2. The molecule has 3 nitrogen and oxygen atoms in total. The second kappa shape index (κ2) is 5.68. The Morgan fingerprint density at radius 1 is 1.09 bits per heavy atom. The number of carbonyl (C=O) groups excluding carboxylic acids is 1. The fourth-order valence-electron chi connectivity index (χ4n) is 3.14. The Kier molecular flexibility index (Phi) is 3.72. The zero-order chi connectivity index (χ0) is 15.7. The molecule has 0 bridgehead atoms. The van der Waals surface area contributed by atoms with Gasteiger partial charge in [0.15, 0.2) is 6.29 Å². The molecule has 0 amide bonds. The van der Waals surface area contributed by atoms with Crippen LogP contribution in [0.1, 0.15) is 34.5 Å². The third-order valence-corrected chi connectivity index (χ3v) is 4.34. The molecule has 112 valence electrons. The summed E-state index contributed by atoms with van der Waals surface area (Å²) >= 11 is 0. The molecule has 1 aromatic heterocycles. The molecule has 0 spiro atoms. The van der Waals surface area contributed by atoms with Crippen molar-refractivity contribution in [3.05, 3.63) is 65.4 Å². The molecule has 3 heteroatoms. The van der Waals surface area contributed by atoms with Gasteiger partial charge in [0.2, 0.25) is 0 Å². The van der Waals surface area contributed by atoms with Crippen molar-refractivity contribution in [1.82, 2.24) is 4.57 Å². The zero-order valence-electron chi connectivity index (χ0n) is 13.0. The monoisotopic (exact) mass is 293 g/mol. The Bertz CT molecular complexity index is 815. The number of aldehydes is 1. The lowest BCUT2D eigenvalue weighted by molar-refractivity contribution is 0.112. The van der Waals surface area contributed by atoms with Gasteiger partial charge < -0.3 is 9.30 Å². The minimum absolute atomic E-state index is 0.128. The van der Waals surface area contributed by atoms with Crippen LogP contribution in [-0.4, -0.2) is 18.0 Å². The highest BCUT2D eigenvalue weighted by Crippen LogP contribution is 2.33. The standard InChI is InChI=1S/C19H19NO2/c1-13(14-8-10-15(22-3)11-9-14)19-17(12-21)16-6-4-5-7-18(16)20(19)2/h4-13H,1-3H3. The molecule has 0 saturated carbocycles. The quantitative estimate of drug-likeness (QED) is 0.677. The van der Waals surface area contributed by atoms with Crippen molar-refractivity contribution >= 4 is 17.2 Å². The molecule has 0 aliphatic rings. The molecular formula is C19H19NO2. The van der Waals surface area contributed by atoms with Crippen LogP contribution in [0.4, 0.5) is 0 Å². The van der Waals surface area contributed by atoms with E-state index in [0.29, 0.717) is 0 Å². The largest absolute Gasteiger partial charge is 0.497 e. The number of aromatic nitrogens is 1. The number of methoxy groups -OCH3 is 1. The number of carbonyl (C=O) groups is 1. The maximum absolute atomic E-state index is 11.7. The van der Waals surface area contributed by atoms with Crippen LogP contribution in [0, 0.1) is 0 Å². The fraction of sp³-hybridized carbons (Fsp3) is 0.211. The average Bonchev–Trinajstić information content (AvgIpc) is 2.87. The van der Waals surface area contributed by atoms with E-state index in [2.05, 4.69) is 23.6 Å². The second-order valence-corrected chi connectivity index (χ2v) is 5.49. The normalized spacial score (nSPS) is 12.3. The molecular weight excluding hydrogens is 274 g/mol. The van der Waals surface area contributed by atoms with Gasteiger partial charge >= 0.3 is 0 Å². The summed E-state index contributed by atoms with van der Waals surface area (Å²) in [6, 6.07) is 16.0. The number of rotatable bonds is 4. The van der Waals surface area contributed by atoms with Crippen molar-refractivity contribution in [1.29, 1.82) is 0 Å². The molecule has 0 fully saturated rings. The van der Waals surface area contributed by atoms with Crippen molar-refractivity contribution in [3.8, 4) is 5.75 Å². The number of hydrogen-bond acceptors (Lipinski definition) is 2. The van der Waals surface area contributed by atoms with Crippen molar-refractivity contribution in [3.63, 3.8) is 0 Å². The van der Waals surface area contributed by atoms with Gasteiger partial charge in [-0.25, -0.2) is 0 Å². The number of fused-ring (bicyclic) bond motifs is 1. The van der Waals surface area contributed by atoms with Crippen LogP contribution in [0.5, 0.6) is 5.75 Å². The summed E-state index contributed by atoms with van der Waals surface area (Å²) in [6.45, 7) is 2.13. The number of aryl methyl sites for hydroxylation is 1. The zero-order valence-corrected chi connectivity index (χ0v) is 13.0. The predicted octanol–water partition coefficient (Wildman–Crippen LogP) is 4.15. The molecule has 2 aromatic carbocycles. The summed E-state index contributed by atoms with van der Waals surface area (Å²) in [5.74, 6) is 0.965. The molecule has 0 N–H and O–H groups in total. The van der Waals surface area contributed by atoms with Gasteiger partial charge in [-0.05, 0) is 23.8 Å². The number of ether oxygens (including phenoxy) is 1. The van der Waals surface area contributed by atoms with Gasteiger partial charge in [0.05, 0.1) is 7.11 Å². The van der Waals surface area contributed by atoms with Gasteiger partial charge in [-0.2, -0.15) is 0 Å². The summed E-state index contributed by atoms with van der Waals surface area (Å²) in [7, 11) is 3.68. The Morgan fingerprint density at radius 3 is 2.41 bits per heavy atom. The first-order chi connectivity index (χ1) is 10.7. The highest BCUT2D eigenvalue weighted by Gasteiger charge is 2.20. The third-order valence-electron chi connectivity index (χ3n) is 4.34. The summed E-state index contributed by atoms with van der Waals surface area (Å²) in [4.78, 5) is 11.7. The molecule has 3 aromatic rings. The van der Waals surface area contributed by atoms with Crippen molar-refractivity contribution in [2.75, 3.05) is 7.11 Å². The molecule has 1 unspecified atom stereocenters. The Hall–Kier alpha value is -2.55. The van der Waals surface area contributed by atoms with E-state index >= 15 is 0 Å². The predicted molar refractivity (Wildman–Crippen MR) is 88.8 cm³/mol. The lowest BCUT2D eigenvalue weighted by atomic mass is 9.94. The van der Waals surface area contributed by atoms with Crippen molar-refractivity contribution in [2.24, 2.45) is 7.05 Å². The van der Waals surface area contributed by atoms with Crippen LogP contribution < -0.4 is 4.74 Å². The van der Waals surface area contributed by atoms with Gasteiger partial charge in [0, 0.05) is 35.1 Å². The first-order valence-corrected chi connectivity index (χ1v) is 7.33. The lowest BCUT2D eigenvalue weighted by Gasteiger charge is -2.15. The maximum atomic E-state index is 11.7. The Balaban J connectivity index is 2.15. The number of nitrogens with zero attached hydrogens (tertiary/aromatic N) is 1. The SMILES string of the molecule is COc1ccc(C(C)c2c(C=O)c3ccccc3n2C)cc1. The van der Waals surface area contributed by atoms with Gasteiger partial charge in [0.25, 0.3) is 0 Å². The highest BCUT2D eigenvalue weighted by molar-refractivity contribution is 5.99. The van der Waals surface area contributed by atoms with Crippen LogP contribution in [0.25, 0.3) is 10.9 Å². The van der Waals surface area contributed by atoms with Crippen LogP contribution in [0.2, 0.25) is 0 Å². The van der Waals surface area contributed by atoms with E-state index in [4.69, 9.17) is 4.74 Å². The second-order valence-electron chi connectivity index (χ2n) is 5.49. The van der Waals surface area contributed by atoms with Crippen LogP contribution in [0.3, 0.4) is 0 Å². The summed E-state index contributed by atoms with van der Waals surface area (Å²) in [5, 5.41) is 1.01. The molecule has 3 rings (SSSR count). The number of para-hydroxylation sites is 1. The lowest BCUT2D eigenvalue weighted by Crippen LogP contribution is -2.05. The molecule has 1 heterocycles. The van der Waals surface area contributed by atoms with Crippen molar-refractivity contribution < 1.29 is 9.53 Å². The first-order valence-electron chi connectivity index (χ1n) is 7.33. The first kappa shape index (κ1) is 14.4. The average molecular weight is 293 g/mol. The molecule has 0 saturated heterocycles.